The van der Waals surface area contributed by atoms with Crippen LogP contribution in [0.5, 0.6) is 0 Å². The molecule has 0 aliphatic carbocycles. The highest BCUT2D eigenvalue weighted by Gasteiger charge is 2.41. The number of carbonyl (C=O) groups excluding carboxylic acids is 1. The number of hydrogen-bond donors (Lipinski definition) is 2. The Bertz CT molecular complexity index is 329. The summed E-state index contributed by atoms with van der Waals surface area (Å²) in [6.45, 7) is 6.53. The lowest BCUT2D eigenvalue weighted by Crippen LogP contribution is -2.57. The molecule has 0 saturated carbocycles. The highest BCUT2D eigenvalue weighted by atomic mass is 16.4. The molecule has 1 aliphatic heterocycles. The fourth-order valence-electron chi connectivity index (χ4n) is 2.28. The molecule has 0 aromatic heterocycles. The van der Waals surface area contributed by atoms with Crippen molar-refractivity contribution >= 4 is 11.9 Å². The smallest absolute Gasteiger partial charge is 0.309 e. The Morgan fingerprint density at radius 3 is 2.06 bits per heavy atom. The summed E-state index contributed by atoms with van der Waals surface area (Å²) in [7, 11) is 0. The first-order valence-corrected chi connectivity index (χ1v) is 6.61. The minimum absolute atomic E-state index is 0.0417. The summed E-state index contributed by atoms with van der Waals surface area (Å²) in [4.78, 5) is 25.2. The second-order valence-electron chi connectivity index (χ2n) is 5.52. The zero-order valence-corrected chi connectivity index (χ0v) is 11.5. The van der Waals surface area contributed by atoms with Gasteiger partial charge in [0.15, 0.2) is 0 Å². The monoisotopic (exact) mass is 256 g/mol. The van der Waals surface area contributed by atoms with E-state index in [1.54, 1.807) is 11.8 Å². The van der Waals surface area contributed by atoms with Crippen LogP contribution in [0.15, 0.2) is 0 Å². The summed E-state index contributed by atoms with van der Waals surface area (Å²) in [5.41, 5.74) is 4.59. The summed E-state index contributed by atoms with van der Waals surface area (Å²) in [5.74, 6) is -0.820. The first-order valence-electron chi connectivity index (χ1n) is 6.61. The fourth-order valence-corrected chi connectivity index (χ4v) is 2.28. The van der Waals surface area contributed by atoms with Crippen LogP contribution in [-0.4, -0.2) is 40.5 Å². The highest BCUT2D eigenvalue weighted by molar-refractivity contribution is 5.86. The Hall–Kier alpha value is -1.10. The Balaban J connectivity index is 2.69. The first-order chi connectivity index (χ1) is 8.29. The van der Waals surface area contributed by atoms with E-state index in [1.165, 1.54) is 0 Å². The van der Waals surface area contributed by atoms with Crippen LogP contribution in [0.4, 0.5) is 0 Å². The van der Waals surface area contributed by atoms with Crippen molar-refractivity contribution in [2.75, 3.05) is 13.1 Å². The zero-order chi connectivity index (χ0) is 14.0. The maximum absolute atomic E-state index is 12.3. The van der Waals surface area contributed by atoms with Crippen LogP contribution in [0.1, 0.15) is 46.5 Å². The van der Waals surface area contributed by atoms with E-state index in [0.717, 1.165) is 0 Å². The molecule has 0 radical (unpaired) electrons. The number of hydrogen-bond acceptors (Lipinski definition) is 3. The van der Waals surface area contributed by atoms with E-state index in [9.17, 15) is 9.59 Å². The van der Waals surface area contributed by atoms with Gasteiger partial charge in [-0.1, -0.05) is 13.8 Å². The third kappa shape index (κ3) is 2.66. The molecule has 5 nitrogen and oxygen atoms in total. The minimum Gasteiger partial charge on any atom is -0.481 e. The number of carboxylic acid groups (broad SMARTS) is 1. The maximum Gasteiger partial charge on any atom is 0.309 e. The molecule has 3 N–H and O–H groups in total. The Morgan fingerprint density at radius 2 is 1.72 bits per heavy atom. The van der Waals surface area contributed by atoms with Gasteiger partial charge < -0.3 is 15.7 Å². The van der Waals surface area contributed by atoms with Crippen molar-refractivity contribution in [2.45, 2.75) is 52.0 Å². The van der Waals surface area contributed by atoms with Gasteiger partial charge in [-0.25, -0.2) is 0 Å². The Labute approximate surface area is 108 Å². The lowest BCUT2D eigenvalue weighted by atomic mass is 9.79. The minimum atomic E-state index is -0.795. The molecule has 0 spiro atoms. The normalized spacial score (nSPS) is 19.7. The molecule has 104 valence electrons. The summed E-state index contributed by atoms with van der Waals surface area (Å²) >= 11 is 0. The molecule has 18 heavy (non-hydrogen) atoms. The van der Waals surface area contributed by atoms with E-state index < -0.39 is 16.9 Å². The molecule has 1 aliphatic rings. The van der Waals surface area contributed by atoms with Gasteiger partial charge in [0, 0.05) is 13.1 Å². The van der Waals surface area contributed by atoms with Crippen molar-refractivity contribution < 1.29 is 14.7 Å². The van der Waals surface area contributed by atoms with Crippen LogP contribution in [0.3, 0.4) is 0 Å². The second kappa shape index (κ2) is 5.26. The third-order valence-electron chi connectivity index (χ3n) is 4.36. The summed E-state index contributed by atoms with van der Waals surface area (Å²) in [5, 5.41) is 9.15. The molecule has 1 heterocycles. The van der Waals surface area contributed by atoms with E-state index in [-0.39, 0.29) is 5.91 Å². The second-order valence-corrected chi connectivity index (χ2v) is 5.52. The standard InChI is InChI=1S/C13H24N2O3/c1-4-13(14,5-2)10(16)15-8-6-12(3,7-9-15)11(17)18/h4-9,14H2,1-3H3,(H,17,18). The largest absolute Gasteiger partial charge is 0.481 e. The summed E-state index contributed by atoms with van der Waals surface area (Å²) in [6.07, 6.45) is 2.21. The molecule has 0 aromatic carbocycles. The quantitative estimate of drug-likeness (QED) is 0.792. The van der Waals surface area contributed by atoms with E-state index in [2.05, 4.69) is 0 Å². The number of rotatable bonds is 4. The predicted octanol–water partition coefficient (Wildman–Crippen LogP) is 1.22. The van der Waals surface area contributed by atoms with Crippen molar-refractivity contribution in [3.63, 3.8) is 0 Å². The van der Waals surface area contributed by atoms with Crippen LogP contribution >= 0.6 is 0 Å². The summed E-state index contributed by atoms with van der Waals surface area (Å²) in [6, 6.07) is 0. The maximum atomic E-state index is 12.3. The van der Waals surface area contributed by atoms with Gasteiger partial charge in [0.1, 0.15) is 0 Å². The predicted molar refractivity (Wildman–Crippen MR) is 69.1 cm³/mol. The van der Waals surface area contributed by atoms with Gasteiger partial charge in [-0.2, -0.15) is 0 Å². The number of nitrogens with two attached hydrogens (primary N) is 1. The van der Waals surface area contributed by atoms with Crippen molar-refractivity contribution in [3.05, 3.63) is 0 Å². The van der Waals surface area contributed by atoms with Crippen LogP contribution in [0.2, 0.25) is 0 Å². The van der Waals surface area contributed by atoms with E-state index in [1.807, 2.05) is 13.8 Å². The van der Waals surface area contributed by atoms with E-state index in [4.69, 9.17) is 10.8 Å². The number of amides is 1. The van der Waals surface area contributed by atoms with E-state index in [0.29, 0.717) is 38.8 Å². The molecular formula is C13H24N2O3. The molecule has 1 fully saturated rings. The zero-order valence-electron chi connectivity index (χ0n) is 11.5. The number of nitrogens with zero attached hydrogens (tertiary/aromatic N) is 1. The topological polar surface area (TPSA) is 83.6 Å². The Morgan fingerprint density at radius 1 is 1.28 bits per heavy atom. The molecule has 0 bridgehead atoms. The van der Waals surface area contributed by atoms with E-state index >= 15 is 0 Å². The number of aliphatic carboxylic acids is 1. The van der Waals surface area contributed by atoms with Gasteiger partial charge in [0.25, 0.3) is 0 Å². The number of piperidine rings is 1. The Kier molecular flexibility index (Phi) is 4.37. The van der Waals surface area contributed by atoms with Gasteiger partial charge in [-0.05, 0) is 32.6 Å². The van der Waals surface area contributed by atoms with Gasteiger partial charge in [-0.15, -0.1) is 0 Å². The number of carbonyl (C=O) groups is 2. The van der Waals surface area contributed by atoms with Crippen molar-refractivity contribution in [1.82, 2.24) is 4.90 Å². The van der Waals surface area contributed by atoms with Gasteiger partial charge in [-0.3, -0.25) is 9.59 Å². The van der Waals surface area contributed by atoms with Crippen molar-refractivity contribution in [2.24, 2.45) is 11.1 Å². The molecule has 1 rings (SSSR count). The van der Waals surface area contributed by atoms with Gasteiger partial charge in [0.05, 0.1) is 11.0 Å². The third-order valence-corrected chi connectivity index (χ3v) is 4.36. The molecule has 0 atom stereocenters. The molecule has 1 amide bonds. The van der Waals surface area contributed by atoms with Crippen molar-refractivity contribution in [1.29, 1.82) is 0 Å². The van der Waals surface area contributed by atoms with Crippen LogP contribution in [0.25, 0.3) is 0 Å². The van der Waals surface area contributed by atoms with Gasteiger partial charge in [0.2, 0.25) is 5.91 Å². The van der Waals surface area contributed by atoms with Crippen LogP contribution < -0.4 is 5.73 Å². The molecule has 1 saturated heterocycles. The number of likely N-dealkylation sites (tertiary alicyclic amines) is 1. The molecule has 0 unspecified atom stereocenters. The SMILES string of the molecule is CCC(N)(CC)C(=O)N1CCC(C)(C(=O)O)CC1. The number of carboxylic acids is 1. The van der Waals surface area contributed by atoms with Crippen molar-refractivity contribution in [3.8, 4) is 0 Å². The first kappa shape index (κ1) is 15.0. The lowest BCUT2D eigenvalue weighted by molar-refractivity contribution is -0.154. The van der Waals surface area contributed by atoms with Gasteiger partial charge >= 0.3 is 5.97 Å². The average Bonchev–Trinajstić information content (AvgIpc) is 2.37. The molecule has 0 aromatic rings. The average molecular weight is 256 g/mol. The molecular weight excluding hydrogens is 232 g/mol. The fraction of sp³-hybridized carbons (Fsp3) is 0.846. The highest BCUT2D eigenvalue weighted by Crippen LogP contribution is 2.32. The lowest BCUT2D eigenvalue weighted by Gasteiger charge is -2.40. The van der Waals surface area contributed by atoms with Crippen LogP contribution in [0, 0.1) is 5.41 Å². The summed E-state index contributed by atoms with van der Waals surface area (Å²) < 4.78 is 0. The molecule has 5 heteroatoms. The van der Waals surface area contributed by atoms with Crippen LogP contribution in [-0.2, 0) is 9.59 Å².